The average Bonchev–Trinajstić information content (AvgIpc) is 3.26. The minimum absolute atomic E-state index is 0.0234. The van der Waals surface area contributed by atoms with Gasteiger partial charge in [0.1, 0.15) is 0 Å². The molecule has 1 atom stereocenters. The Labute approximate surface area is 170 Å². The van der Waals surface area contributed by atoms with Gasteiger partial charge in [0.05, 0.1) is 17.5 Å². The van der Waals surface area contributed by atoms with Gasteiger partial charge >= 0.3 is 0 Å². The van der Waals surface area contributed by atoms with E-state index in [1.807, 2.05) is 6.92 Å². The highest BCUT2D eigenvalue weighted by molar-refractivity contribution is 7.17. The second-order valence-electron chi connectivity index (χ2n) is 7.04. The van der Waals surface area contributed by atoms with Crippen molar-refractivity contribution in [3.05, 3.63) is 46.1 Å². The second kappa shape index (κ2) is 8.31. The van der Waals surface area contributed by atoms with Crippen LogP contribution in [0.3, 0.4) is 0 Å². The van der Waals surface area contributed by atoms with Crippen molar-refractivity contribution >= 4 is 16.3 Å². The fourth-order valence-electron chi connectivity index (χ4n) is 3.72. The van der Waals surface area contributed by atoms with Crippen molar-refractivity contribution in [3.63, 3.8) is 0 Å². The molecular formula is C19H23F2N5O2S. The molecule has 10 heteroatoms. The molecule has 1 saturated heterocycles. The summed E-state index contributed by atoms with van der Waals surface area (Å²) in [4.78, 5) is 9.87. The van der Waals surface area contributed by atoms with Crippen LogP contribution in [-0.4, -0.2) is 73.9 Å². The third-order valence-corrected chi connectivity index (χ3v) is 6.33. The van der Waals surface area contributed by atoms with Crippen molar-refractivity contribution < 1.29 is 19.0 Å². The number of fused-ring (bicyclic) bond motifs is 1. The molecule has 29 heavy (non-hydrogen) atoms. The molecule has 1 aliphatic rings. The first kappa shape index (κ1) is 20.1. The predicted octanol–water partition coefficient (Wildman–Crippen LogP) is 2.04. The van der Waals surface area contributed by atoms with Gasteiger partial charge in [-0.2, -0.15) is 4.52 Å². The zero-order valence-electron chi connectivity index (χ0n) is 16.1. The molecule has 1 aromatic carbocycles. The Morgan fingerprint density at radius 1 is 1.17 bits per heavy atom. The molecule has 0 radical (unpaired) electrons. The van der Waals surface area contributed by atoms with E-state index in [0.717, 1.165) is 19.2 Å². The lowest BCUT2D eigenvalue weighted by molar-refractivity contribution is 0.0944. The lowest BCUT2D eigenvalue weighted by Crippen LogP contribution is -2.48. The molecule has 2 aromatic heterocycles. The van der Waals surface area contributed by atoms with Crippen LogP contribution >= 0.6 is 11.3 Å². The molecule has 3 aromatic rings. The minimum Gasteiger partial charge on any atom is -0.492 e. The number of aromatic nitrogens is 3. The number of nitrogens with zero attached hydrogens (tertiary/aromatic N) is 5. The van der Waals surface area contributed by atoms with E-state index in [9.17, 15) is 13.9 Å². The van der Waals surface area contributed by atoms with Gasteiger partial charge in [0.2, 0.25) is 10.8 Å². The molecule has 0 amide bonds. The first-order valence-corrected chi connectivity index (χ1v) is 10.4. The van der Waals surface area contributed by atoms with E-state index >= 15 is 0 Å². The molecule has 1 fully saturated rings. The summed E-state index contributed by atoms with van der Waals surface area (Å²) < 4.78 is 29.0. The molecule has 4 rings (SSSR count). The van der Waals surface area contributed by atoms with Gasteiger partial charge < -0.3 is 10.2 Å². The Hall–Kier alpha value is -2.14. The number of rotatable bonds is 6. The molecule has 1 aliphatic heterocycles. The van der Waals surface area contributed by atoms with Crippen molar-refractivity contribution in [2.75, 3.05) is 39.3 Å². The van der Waals surface area contributed by atoms with E-state index < -0.39 is 17.7 Å². The number of hydrogen-bond donors (Lipinski definition) is 2. The van der Waals surface area contributed by atoms with Crippen LogP contribution in [0.1, 0.15) is 29.2 Å². The SMILES string of the molecule is CCc1nc2sc(C(c3ccc(F)c(F)c3)N3CCN(CCO)CC3)c(O)n2n1. The summed E-state index contributed by atoms with van der Waals surface area (Å²) in [5, 5.41) is 24.3. The zero-order chi connectivity index (χ0) is 20.5. The average molecular weight is 423 g/mol. The van der Waals surface area contributed by atoms with Crippen LogP contribution in [0.2, 0.25) is 0 Å². The summed E-state index contributed by atoms with van der Waals surface area (Å²) in [6.45, 7) is 5.44. The molecule has 2 N–H and O–H groups in total. The monoisotopic (exact) mass is 423 g/mol. The van der Waals surface area contributed by atoms with Crippen LogP contribution in [0.15, 0.2) is 18.2 Å². The summed E-state index contributed by atoms with van der Waals surface area (Å²) in [5.41, 5.74) is 0.565. The minimum atomic E-state index is -0.918. The molecule has 7 nitrogen and oxygen atoms in total. The number of β-amino-alcohol motifs (C(OH)–C–C–N with tert-alkyl or cyclic N) is 1. The summed E-state index contributed by atoms with van der Waals surface area (Å²) in [6.07, 6.45) is 0.655. The van der Waals surface area contributed by atoms with Crippen LogP contribution in [-0.2, 0) is 6.42 Å². The number of aromatic hydroxyl groups is 1. The third-order valence-electron chi connectivity index (χ3n) is 5.26. The molecule has 0 bridgehead atoms. The van der Waals surface area contributed by atoms with Crippen molar-refractivity contribution in [1.82, 2.24) is 24.4 Å². The van der Waals surface area contributed by atoms with Crippen molar-refractivity contribution in [3.8, 4) is 5.88 Å². The molecule has 0 spiro atoms. The lowest BCUT2D eigenvalue weighted by Gasteiger charge is -2.39. The molecule has 1 unspecified atom stereocenters. The number of thiazole rings is 1. The molecular weight excluding hydrogens is 400 g/mol. The summed E-state index contributed by atoms with van der Waals surface area (Å²) >= 11 is 1.31. The zero-order valence-corrected chi connectivity index (χ0v) is 16.9. The number of hydrogen-bond acceptors (Lipinski definition) is 7. The van der Waals surface area contributed by atoms with E-state index in [-0.39, 0.29) is 12.5 Å². The molecule has 0 aliphatic carbocycles. The van der Waals surface area contributed by atoms with Crippen LogP contribution in [0, 0.1) is 11.6 Å². The Bertz CT molecular complexity index is 1000. The predicted molar refractivity (Wildman–Crippen MR) is 105 cm³/mol. The lowest BCUT2D eigenvalue weighted by atomic mass is 10.0. The van der Waals surface area contributed by atoms with Crippen molar-refractivity contribution in [2.24, 2.45) is 0 Å². The highest BCUT2D eigenvalue weighted by atomic mass is 32.1. The van der Waals surface area contributed by atoms with Crippen LogP contribution in [0.25, 0.3) is 4.96 Å². The normalized spacial score (nSPS) is 17.2. The molecule has 156 valence electrons. The number of aryl methyl sites for hydroxylation is 1. The van der Waals surface area contributed by atoms with Gasteiger partial charge in [-0.1, -0.05) is 24.3 Å². The summed E-state index contributed by atoms with van der Waals surface area (Å²) in [5.74, 6) is -1.21. The fourth-order valence-corrected chi connectivity index (χ4v) is 4.85. The van der Waals surface area contributed by atoms with Crippen LogP contribution in [0.4, 0.5) is 8.78 Å². The first-order valence-electron chi connectivity index (χ1n) is 9.61. The van der Waals surface area contributed by atoms with Gasteiger partial charge in [0.25, 0.3) is 0 Å². The van der Waals surface area contributed by atoms with Crippen LogP contribution in [0.5, 0.6) is 5.88 Å². The van der Waals surface area contributed by atoms with Gasteiger partial charge in [-0.25, -0.2) is 13.8 Å². The second-order valence-corrected chi connectivity index (χ2v) is 8.05. The Morgan fingerprint density at radius 3 is 2.55 bits per heavy atom. The van der Waals surface area contributed by atoms with E-state index in [4.69, 9.17) is 5.11 Å². The summed E-state index contributed by atoms with van der Waals surface area (Å²) in [7, 11) is 0. The first-order chi connectivity index (χ1) is 14.0. The highest BCUT2D eigenvalue weighted by Crippen LogP contribution is 2.40. The van der Waals surface area contributed by atoms with Gasteiger partial charge in [-0.15, -0.1) is 5.10 Å². The Balaban J connectivity index is 1.73. The maximum atomic E-state index is 14.0. The summed E-state index contributed by atoms with van der Waals surface area (Å²) in [6, 6.07) is 3.41. The van der Waals surface area contributed by atoms with Gasteiger partial charge in [-0.3, -0.25) is 9.80 Å². The number of benzene rings is 1. The van der Waals surface area contributed by atoms with E-state index in [1.165, 1.54) is 21.9 Å². The largest absolute Gasteiger partial charge is 0.492 e. The number of aliphatic hydroxyl groups excluding tert-OH is 1. The van der Waals surface area contributed by atoms with Crippen LogP contribution < -0.4 is 0 Å². The smallest absolute Gasteiger partial charge is 0.230 e. The number of aliphatic hydroxyl groups is 1. The van der Waals surface area contributed by atoms with Crippen molar-refractivity contribution in [2.45, 2.75) is 19.4 Å². The Morgan fingerprint density at radius 2 is 1.93 bits per heavy atom. The van der Waals surface area contributed by atoms with E-state index in [0.29, 0.717) is 47.3 Å². The standard InChI is InChI=1S/C19H23F2N5O2S/c1-2-15-22-19-26(23-15)18(28)17(29-19)16(12-3-4-13(20)14(21)11-12)25-7-5-24(6-8-25)9-10-27/h3-4,11,16,27-28H,2,5-10H2,1H3. The third kappa shape index (κ3) is 3.85. The highest BCUT2D eigenvalue weighted by Gasteiger charge is 2.32. The number of halogens is 2. The fraction of sp³-hybridized carbons (Fsp3) is 0.474. The van der Waals surface area contributed by atoms with Gasteiger partial charge in [0, 0.05) is 39.1 Å². The Kier molecular flexibility index (Phi) is 5.77. The van der Waals surface area contributed by atoms with Crippen molar-refractivity contribution in [1.29, 1.82) is 0 Å². The topological polar surface area (TPSA) is 77.1 Å². The van der Waals surface area contributed by atoms with E-state index in [2.05, 4.69) is 19.9 Å². The van der Waals surface area contributed by atoms with E-state index in [1.54, 1.807) is 6.07 Å². The quantitative estimate of drug-likeness (QED) is 0.632. The van der Waals surface area contributed by atoms with Gasteiger partial charge in [-0.05, 0) is 17.7 Å². The maximum absolute atomic E-state index is 14.0. The molecule has 0 saturated carbocycles. The molecule has 3 heterocycles. The number of piperazine rings is 1. The van der Waals surface area contributed by atoms with Gasteiger partial charge in [0.15, 0.2) is 17.5 Å². The maximum Gasteiger partial charge on any atom is 0.230 e.